The van der Waals surface area contributed by atoms with Crippen LogP contribution in [0.2, 0.25) is 0 Å². The number of hydrogen-bond acceptors (Lipinski definition) is 4. The Balaban J connectivity index is 0.00000364. The summed E-state index contributed by atoms with van der Waals surface area (Å²) in [7, 11) is 0. The number of carbonyl (C=O) groups is 2. The number of carbonyl (C=O) groups excluding carboxylic acids is 2. The Hall–Kier alpha value is -1.93. The van der Waals surface area contributed by atoms with Gasteiger partial charge in [-0.05, 0) is 49.4 Å². The summed E-state index contributed by atoms with van der Waals surface area (Å²) >= 11 is 0. The average molecular weight is 406 g/mol. The van der Waals surface area contributed by atoms with Crippen LogP contribution in [0.3, 0.4) is 0 Å². The van der Waals surface area contributed by atoms with Crippen LogP contribution in [0.25, 0.3) is 0 Å². The van der Waals surface area contributed by atoms with Gasteiger partial charge in [0.1, 0.15) is 11.8 Å². The van der Waals surface area contributed by atoms with Gasteiger partial charge in [0.05, 0.1) is 6.04 Å². The molecule has 1 heterocycles. The summed E-state index contributed by atoms with van der Waals surface area (Å²) in [5.74, 6) is -0.260. The van der Waals surface area contributed by atoms with Crippen LogP contribution < -0.4 is 20.7 Å². The lowest BCUT2D eigenvalue weighted by molar-refractivity contribution is -0.129. The molecule has 1 aliphatic rings. The van der Waals surface area contributed by atoms with Crippen LogP contribution in [0.5, 0.6) is 5.75 Å². The van der Waals surface area contributed by atoms with E-state index < -0.39 is 18.7 Å². The number of halogens is 3. The highest BCUT2D eigenvalue weighted by atomic mass is 35.5. The molecule has 0 aromatic heterocycles. The molecule has 0 radical (unpaired) electrons. The largest absolute Gasteiger partial charge is 0.435 e. The number of rotatable bonds is 7. The molecule has 0 saturated carbocycles. The molecule has 9 heteroatoms. The van der Waals surface area contributed by atoms with Crippen LogP contribution >= 0.6 is 12.4 Å². The van der Waals surface area contributed by atoms with Gasteiger partial charge in [-0.2, -0.15) is 8.78 Å². The van der Waals surface area contributed by atoms with Crippen molar-refractivity contribution in [1.82, 2.24) is 5.32 Å². The Labute approximate surface area is 163 Å². The summed E-state index contributed by atoms with van der Waals surface area (Å²) in [6.45, 7) is 1.55. The monoisotopic (exact) mass is 405 g/mol. The van der Waals surface area contributed by atoms with Gasteiger partial charge in [-0.25, -0.2) is 0 Å². The van der Waals surface area contributed by atoms with E-state index in [1.165, 1.54) is 17.0 Å². The normalized spacial score (nSPS) is 18.3. The van der Waals surface area contributed by atoms with Crippen molar-refractivity contribution in [2.45, 2.75) is 51.8 Å². The number of piperidine rings is 1. The predicted octanol–water partition coefficient (Wildman–Crippen LogP) is 2.69. The van der Waals surface area contributed by atoms with Crippen LogP contribution in [0, 0.1) is 5.92 Å². The molecule has 1 aromatic rings. The van der Waals surface area contributed by atoms with Gasteiger partial charge in [-0.15, -0.1) is 12.4 Å². The van der Waals surface area contributed by atoms with Crippen LogP contribution in [0.15, 0.2) is 24.3 Å². The van der Waals surface area contributed by atoms with E-state index in [-0.39, 0.29) is 35.9 Å². The standard InChI is InChI=1S/C18H25F2N3O3.ClH/c1-11(2)10-14(21)16(24)22-15-4-3-9-23(17(15)25)12-5-7-13(8-6-12)26-18(19)20;/h5-8,11,14-15,18H,3-4,9-10,21H2,1-2H3,(H,22,24);1H/t14-,15?;/m0./s1. The first-order valence-electron chi connectivity index (χ1n) is 8.70. The smallest absolute Gasteiger partial charge is 0.387 e. The SMILES string of the molecule is CC(C)C[C@H](N)C(=O)NC1CCCN(c2ccc(OC(F)F)cc2)C1=O.Cl. The molecule has 27 heavy (non-hydrogen) atoms. The fourth-order valence-electron chi connectivity index (χ4n) is 2.97. The number of ether oxygens (including phenoxy) is 1. The zero-order valence-corrected chi connectivity index (χ0v) is 16.2. The fraction of sp³-hybridized carbons (Fsp3) is 0.556. The average Bonchev–Trinajstić information content (AvgIpc) is 2.56. The Kier molecular flexibility index (Phi) is 8.92. The molecular weight excluding hydrogens is 380 g/mol. The third-order valence-corrected chi connectivity index (χ3v) is 4.19. The number of amides is 2. The Morgan fingerprint density at radius 1 is 1.33 bits per heavy atom. The van der Waals surface area contributed by atoms with Gasteiger partial charge >= 0.3 is 6.61 Å². The third kappa shape index (κ3) is 6.62. The Morgan fingerprint density at radius 3 is 2.52 bits per heavy atom. The molecule has 2 amide bonds. The molecule has 0 bridgehead atoms. The van der Waals surface area contributed by atoms with Crippen molar-refractivity contribution in [2.75, 3.05) is 11.4 Å². The van der Waals surface area contributed by atoms with Gasteiger partial charge < -0.3 is 20.7 Å². The van der Waals surface area contributed by atoms with Gasteiger partial charge in [-0.3, -0.25) is 9.59 Å². The fourth-order valence-corrected chi connectivity index (χ4v) is 2.97. The van der Waals surface area contributed by atoms with Crippen molar-refractivity contribution in [3.05, 3.63) is 24.3 Å². The molecule has 3 N–H and O–H groups in total. The number of benzene rings is 1. The van der Waals surface area contributed by atoms with E-state index in [1.54, 1.807) is 12.1 Å². The molecule has 1 unspecified atom stereocenters. The minimum Gasteiger partial charge on any atom is -0.435 e. The molecule has 1 aromatic carbocycles. The van der Waals surface area contributed by atoms with Crippen molar-refractivity contribution >= 4 is 29.9 Å². The number of nitrogens with zero attached hydrogens (tertiary/aromatic N) is 1. The summed E-state index contributed by atoms with van der Waals surface area (Å²) in [6, 6.07) is 4.58. The van der Waals surface area contributed by atoms with Crippen molar-refractivity contribution in [3.63, 3.8) is 0 Å². The first-order chi connectivity index (χ1) is 12.3. The molecule has 6 nitrogen and oxygen atoms in total. The maximum atomic E-state index is 12.7. The zero-order valence-electron chi connectivity index (χ0n) is 15.4. The number of anilines is 1. The van der Waals surface area contributed by atoms with Gasteiger partial charge in [0.15, 0.2) is 0 Å². The highest BCUT2D eigenvalue weighted by Crippen LogP contribution is 2.24. The summed E-state index contributed by atoms with van der Waals surface area (Å²) in [6.07, 6.45) is 1.80. The minimum atomic E-state index is -2.90. The topological polar surface area (TPSA) is 84.7 Å². The number of hydrogen-bond donors (Lipinski definition) is 2. The number of nitrogens with two attached hydrogens (primary N) is 1. The summed E-state index contributed by atoms with van der Waals surface area (Å²) in [5, 5.41) is 2.73. The van der Waals surface area contributed by atoms with E-state index >= 15 is 0 Å². The second kappa shape index (κ2) is 10.4. The Bertz CT molecular complexity index is 629. The molecule has 2 atom stereocenters. The van der Waals surface area contributed by atoms with Crippen molar-refractivity contribution in [2.24, 2.45) is 11.7 Å². The molecule has 0 aliphatic carbocycles. The molecule has 0 spiro atoms. The van der Waals surface area contributed by atoms with Crippen LogP contribution in [0.4, 0.5) is 14.5 Å². The van der Waals surface area contributed by atoms with Crippen molar-refractivity contribution < 1.29 is 23.1 Å². The second-order valence-corrected chi connectivity index (χ2v) is 6.80. The van der Waals surface area contributed by atoms with E-state index in [0.717, 1.165) is 0 Å². The highest BCUT2D eigenvalue weighted by Gasteiger charge is 2.32. The second-order valence-electron chi connectivity index (χ2n) is 6.80. The molecular formula is C18H26ClF2N3O3. The number of nitrogens with one attached hydrogen (secondary N) is 1. The summed E-state index contributed by atoms with van der Waals surface area (Å²) in [4.78, 5) is 26.4. The minimum absolute atomic E-state index is 0. The van der Waals surface area contributed by atoms with Crippen LogP contribution in [-0.2, 0) is 9.59 Å². The highest BCUT2D eigenvalue weighted by molar-refractivity contribution is 6.00. The first kappa shape index (κ1) is 23.1. The van der Waals surface area contributed by atoms with Gasteiger partial charge in [0.2, 0.25) is 11.8 Å². The lowest BCUT2D eigenvalue weighted by Crippen LogP contribution is -2.55. The molecule has 1 fully saturated rings. The van der Waals surface area contributed by atoms with Crippen molar-refractivity contribution in [3.8, 4) is 5.75 Å². The predicted molar refractivity (Wildman–Crippen MR) is 101 cm³/mol. The number of alkyl halides is 2. The quantitative estimate of drug-likeness (QED) is 0.730. The lowest BCUT2D eigenvalue weighted by Gasteiger charge is -2.33. The molecule has 1 saturated heterocycles. The van der Waals surface area contributed by atoms with Gasteiger partial charge in [-0.1, -0.05) is 13.8 Å². The maximum absolute atomic E-state index is 12.7. The van der Waals surface area contributed by atoms with Crippen LogP contribution in [0.1, 0.15) is 33.1 Å². The lowest BCUT2D eigenvalue weighted by atomic mass is 10.0. The molecule has 152 valence electrons. The van der Waals surface area contributed by atoms with Gasteiger partial charge in [0.25, 0.3) is 0 Å². The van der Waals surface area contributed by atoms with Crippen molar-refractivity contribution in [1.29, 1.82) is 0 Å². The zero-order chi connectivity index (χ0) is 19.3. The summed E-state index contributed by atoms with van der Waals surface area (Å²) < 4.78 is 28.7. The van der Waals surface area contributed by atoms with E-state index in [0.29, 0.717) is 31.5 Å². The molecule has 1 aliphatic heterocycles. The first-order valence-corrected chi connectivity index (χ1v) is 8.70. The molecule has 2 rings (SSSR count). The van der Waals surface area contributed by atoms with E-state index in [9.17, 15) is 18.4 Å². The summed E-state index contributed by atoms with van der Waals surface area (Å²) in [5.41, 5.74) is 6.44. The Morgan fingerprint density at radius 2 is 1.96 bits per heavy atom. The maximum Gasteiger partial charge on any atom is 0.387 e. The van der Waals surface area contributed by atoms with E-state index in [2.05, 4.69) is 10.1 Å². The third-order valence-electron chi connectivity index (χ3n) is 4.19. The van der Waals surface area contributed by atoms with E-state index in [1.807, 2.05) is 13.8 Å². The van der Waals surface area contributed by atoms with Gasteiger partial charge in [0, 0.05) is 12.2 Å². The van der Waals surface area contributed by atoms with Crippen LogP contribution in [-0.4, -0.2) is 37.1 Å². The van der Waals surface area contributed by atoms with E-state index in [4.69, 9.17) is 5.73 Å².